The van der Waals surface area contributed by atoms with Gasteiger partial charge in [0, 0.05) is 23.1 Å². The molecule has 7 nitrogen and oxygen atoms in total. The van der Waals surface area contributed by atoms with E-state index in [1.165, 1.54) is 0 Å². The highest BCUT2D eigenvalue weighted by Gasteiger charge is 2.05. The summed E-state index contributed by atoms with van der Waals surface area (Å²) in [5.74, 6) is -0.834. The number of amides is 3. The number of hydrogen-bond acceptors (Lipinski definition) is 4. The first-order valence-corrected chi connectivity index (χ1v) is 7.59. The molecule has 0 radical (unpaired) electrons. The molecule has 0 fully saturated rings. The van der Waals surface area contributed by atoms with E-state index in [0.29, 0.717) is 25.1 Å². The van der Waals surface area contributed by atoms with E-state index >= 15 is 0 Å². The minimum absolute atomic E-state index is 0.0968. The fourth-order valence-electron chi connectivity index (χ4n) is 1.56. The summed E-state index contributed by atoms with van der Waals surface area (Å²) in [5, 5.41) is 7.76. The van der Waals surface area contributed by atoms with Gasteiger partial charge in [0.15, 0.2) is 0 Å². The average Bonchev–Trinajstić information content (AvgIpc) is 2.52. The van der Waals surface area contributed by atoms with Crippen LogP contribution in [0.15, 0.2) is 28.7 Å². The zero-order valence-corrected chi connectivity index (χ0v) is 13.6. The van der Waals surface area contributed by atoms with Gasteiger partial charge in [-0.2, -0.15) is 0 Å². The first-order valence-electron chi connectivity index (χ1n) is 6.80. The lowest BCUT2D eigenvalue weighted by Gasteiger charge is -2.07. The van der Waals surface area contributed by atoms with E-state index in [9.17, 15) is 14.4 Å². The van der Waals surface area contributed by atoms with Gasteiger partial charge in [-0.1, -0.05) is 22.0 Å². The maximum Gasteiger partial charge on any atom is 0.251 e. The molecule has 1 aromatic rings. The summed E-state index contributed by atoms with van der Waals surface area (Å²) >= 11 is 3.30. The summed E-state index contributed by atoms with van der Waals surface area (Å²) in [7, 11) is 0. The molecule has 0 saturated heterocycles. The zero-order chi connectivity index (χ0) is 16.4. The lowest BCUT2D eigenvalue weighted by Crippen LogP contribution is -2.40. The first kappa shape index (κ1) is 18.1. The second kappa shape index (κ2) is 9.91. The van der Waals surface area contributed by atoms with Crippen LogP contribution in [0.2, 0.25) is 0 Å². The Kier molecular flexibility index (Phi) is 8.16. The molecule has 8 heteroatoms. The van der Waals surface area contributed by atoms with Crippen LogP contribution < -0.4 is 21.7 Å². The Labute approximate surface area is 137 Å². The first-order chi connectivity index (χ1) is 10.5. The molecule has 1 aromatic carbocycles. The van der Waals surface area contributed by atoms with Crippen molar-refractivity contribution >= 4 is 33.7 Å². The van der Waals surface area contributed by atoms with Crippen LogP contribution in [0.25, 0.3) is 0 Å². The molecule has 0 heterocycles. The van der Waals surface area contributed by atoms with E-state index in [1.54, 1.807) is 18.2 Å². The van der Waals surface area contributed by atoms with Crippen molar-refractivity contribution in [3.63, 3.8) is 0 Å². The highest BCUT2D eigenvalue weighted by molar-refractivity contribution is 9.10. The standard InChI is InChI=1S/C14H19BrN4O3/c15-11-4-1-3-10(7-11)14(22)18-6-2-5-17-13(21)9-19-12(20)8-16/h1,3-4,7H,2,5-6,8-9,16H2,(H,17,21)(H,18,22)(H,19,20). The molecule has 0 aromatic heterocycles. The van der Waals surface area contributed by atoms with Crippen molar-refractivity contribution in [2.24, 2.45) is 5.73 Å². The minimum Gasteiger partial charge on any atom is -0.355 e. The Morgan fingerprint density at radius 2 is 1.77 bits per heavy atom. The number of rotatable bonds is 8. The van der Waals surface area contributed by atoms with Crippen LogP contribution in [0, 0.1) is 0 Å². The molecule has 0 saturated carbocycles. The summed E-state index contributed by atoms with van der Waals surface area (Å²) in [6.45, 7) is 0.617. The normalized spacial score (nSPS) is 9.91. The molecule has 0 aliphatic rings. The molecule has 0 aliphatic heterocycles. The highest BCUT2D eigenvalue weighted by Crippen LogP contribution is 2.11. The molecule has 0 unspecified atom stereocenters. The van der Waals surface area contributed by atoms with Crippen molar-refractivity contribution in [1.29, 1.82) is 0 Å². The second-order valence-electron chi connectivity index (χ2n) is 4.45. The molecule has 22 heavy (non-hydrogen) atoms. The second-order valence-corrected chi connectivity index (χ2v) is 5.37. The van der Waals surface area contributed by atoms with Gasteiger partial charge >= 0.3 is 0 Å². The molecule has 120 valence electrons. The molecular weight excluding hydrogens is 352 g/mol. The molecule has 0 atom stereocenters. The maximum atomic E-state index is 11.8. The van der Waals surface area contributed by atoms with Crippen molar-refractivity contribution in [2.45, 2.75) is 6.42 Å². The summed E-state index contributed by atoms with van der Waals surface area (Å²) in [6, 6.07) is 7.09. The van der Waals surface area contributed by atoms with Crippen molar-refractivity contribution < 1.29 is 14.4 Å². The van der Waals surface area contributed by atoms with Crippen LogP contribution in [0.3, 0.4) is 0 Å². The Hall–Kier alpha value is -1.93. The predicted octanol–water partition coefficient (Wildman–Crippen LogP) is -0.240. The Bertz CT molecular complexity index is 537. The Balaban J connectivity index is 2.14. The lowest BCUT2D eigenvalue weighted by atomic mass is 10.2. The minimum atomic E-state index is -0.378. The number of hydrogen-bond donors (Lipinski definition) is 4. The monoisotopic (exact) mass is 370 g/mol. The number of carbonyl (C=O) groups is 3. The number of halogens is 1. The molecule has 0 aliphatic carbocycles. The van der Waals surface area contributed by atoms with E-state index < -0.39 is 0 Å². The van der Waals surface area contributed by atoms with Gasteiger partial charge in [-0.3, -0.25) is 14.4 Å². The van der Waals surface area contributed by atoms with E-state index in [1.807, 2.05) is 6.07 Å². The number of carbonyl (C=O) groups excluding carboxylic acids is 3. The van der Waals surface area contributed by atoms with Crippen LogP contribution in [0.1, 0.15) is 16.8 Å². The lowest BCUT2D eigenvalue weighted by molar-refractivity contribution is -0.125. The van der Waals surface area contributed by atoms with Gasteiger partial charge in [0.2, 0.25) is 11.8 Å². The third-order valence-corrected chi connectivity index (χ3v) is 3.17. The summed E-state index contributed by atoms with van der Waals surface area (Å²) in [4.78, 5) is 34.0. The molecule has 0 spiro atoms. The SMILES string of the molecule is NCC(=O)NCC(=O)NCCCNC(=O)c1cccc(Br)c1. The van der Waals surface area contributed by atoms with Gasteiger partial charge in [0.25, 0.3) is 5.91 Å². The van der Waals surface area contributed by atoms with E-state index in [2.05, 4.69) is 31.9 Å². The summed E-state index contributed by atoms with van der Waals surface area (Å²) in [6.07, 6.45) is 0.594. The van der Waals surface area contributed by atoms with Crippen LogP contribution in [0.4, 0.5) is 0 Å². The van der Waals surface area contributed by atoms with Crippen LogP contribution >= 0.6 is 15.9 Å². The van der Waals surface area contributed by atoms with Gasteiger partial charge < -0.3 is 21.7 Å². The van der Waals surface area contributed by atoms with Crippen molar-refractivity contribution in [3.8, 4) is 0 Å². The summed E-state index contributed by atoms with van der Waals surface area (Å²) < 4.78 is 0.840. The molecule has 5 N–H and O–H groups in total. The van der Waals surface area contributed by atoms with E-state index in [0.717, 1.165) is 4.47 Å². The summed E-state index contributed by atoms with van der Waals surface area (Å²) in [5.41, 5.74) is 5.67. The largest absolute Gasteiger partial charge is 0.355 e. The molecule has 1 rings (SSSR count). The van der Waals surface area contributed by atoms with Crippen molar-refractivity contribution in [2.75, 3.05) is 26.2 Å². The van der Waals surface area contributed by atoms with Gasteiger partial charge in [-0.25, -0.2) is 0 Å². The topological polar surface area (TPSA) is 113 Å². The molecule has 3 amide bonds. The van der Waals surface area contributed by atoms with Gasteiger partial charge in [0.1, 0.15) is 0 Å². The average molecular weight is 371 g/mol. The Morgan fingerprint density at radius 3 is 2.45 bits per heavy atom. The van der Waals surface area contributed by atoms with Crippen LogP contribution in [0.5, 0.6) is 0 Å². The third-order valence-electron chi connectivity index (χ3n) is 2.68. The third kappa shape index (κ3) is 7.19. The van der Waals surface area contributed by atoms with Crippen molar-refractivity contribution in [1.82, 2.24) is 16.0 Å². The zero-order valence-electron chi connectivity index (χ0n) is 12.0. The smallest absolute Gasteiger partial charge is 0.251 e. The Morgan fingerprint density at radius 1 is 1.05 bits per heavy atom. The fraction of sp³-hybridized carbons (Fsp3) is 0.357. The number of benzene rings is 1. The van der Waals surface area contributed by atoms with Crippen molar-refractivity contribution in [3.05, 3.63) is 34.3 Å². The molecule has 0 bridgehead atoms. The highest BCUT2D eigenvalue weighted by atomic mass is 79.9. The van der Waals surface area contributed by atoms with Crippen LogP contribution in [-0.4, -0.2) is 43.9 Å². The van der Waals surface area contributed by atoms with Gasteiger partial charge in [0.05, 0.1) is 13.1 Å². The van der Waals surface area contributed by atoms with Gasteiger partial charge in [-0.15, -0.1) is 0 Å². The predicted molar refractivity (Wildman–Crippen MR) is 86.2 cm³/mol. The van der Waals surface area contributed by atoms with Gasteiger partial charge in [-0.05, 0) is 24.6 Å². The van der Waals surface area contributed by atoms with Crippen LogP contribution in [-0.2, 0) is 9.59 Å². The van der Waals surface area contributed by atoms with E-state index in [4.69, 9.17) is 5.73 Å². The molecular formula is C14H19BrN4O3. The number of nitrogens with one attached hydrogen (secondary N) is 3. The number of nitrogens with two attached hydrogens (primary N) is 1. The fourth-order valence-corrected chi connectivity index (χ4v) is 1.96. The maximum absolute atomic E-state index is 11.8. The quantitative estimate of drug-likeness (QED) is 0.473. The van der Waals surface area contributed by atoms with E-state index in [-0.39, 0.29) is 30.8 Å².